The molecular weight excluding hydrogens is 260 g/mol. The third-order valence-electron chi connectivity index (χ3n) is 3.73. The van der Waals surface area contributed by atoms with Gasteiger partial charge in [-0.05, 0) is 49.0 Å². The Morgan fingerprint density at radius 3 is 2.74 bits per heavy atom. The number of rotatable bonds is 5. The van der Waals surface area contributed by atoms with Gasteiger partial charge in [0.15, 0.2) is 0 Å². The largest absolute Gasteiger partial charge is 0.316 e. The molecule has 0 bridgehead atoms. The lowest BCUT2D eigenvalue weighted by atomic mass is 9.88. The average molecular weight is 282 g/mol. The van der Waals surface area contributed by atoms with E-state index in [1.54, 1.807) is 6.07 Å². The molecule has 1 aromatic rings. The molecule has 1 fully saturated rings. The predicted octanol–water partition coefficient (Wildman–Crippen LogP) is 1.85. The molecule has 0 saturated carbocycles. The molecule has 1 aromatic carbocycles. The minimum Gasteiger partial charge on any atom is -0.316 e. The van der Waals surface area contributed by atoms with E-state index >= 15 is 0 Å². The Labute approximate surface area is 115 Å². The number of hydrogen-bond donors (Lipinski definition) is 2. The van der Waals surface area contributed by atoms with Crippen LogP contribution in [0.2, 0.25) is 0 Å². The number of hydrogen-bond acceptors (Lipinski definition) is 3. The molecule has 0 spiro atoms. The maximum absolute atomic E-state index is 11.2. The summed E-state index contributed by atoms with van der Waals surface area (Å²) in [5.74, 6) is 1.38. The molecule has 2 rings (SSSR count). The molecule has 5 heteroatoms. The van der Waals surface area contributed by atoms with Crippen molar-refractivity contribution in [2.45, 2.75) is 19.8 Å². The van der Waals surface area contributed by atoms with Crippen LogP contribution in [0.3, 0.4) is 0 Å². The fourth-order valence-electron chi connectivity index (χ4n) is 2.78. The highest BCUT2D eigenvalue weighted by Crippen LogP contribution is 2.25. The molecular formula is C14H22N2O2S. The van der Waals surface area contributed by atoms with E-state index in [4.69, 9.17) is 0 Å². The molecule has 2 atom stereocenters. The summed E-state index contributed by atoms with van der Waals surface area (Å²) >= 11 is 0. The maximum Gasteiger partial charge on any atom is 0.229 e. The second kappa shape index (κ2) is 5.92. The van der Waals surface area contributed by atoms with Gasteiger partial charge in [0.05, 0.1) is 6.26 Å². The molecule has 2 unspecified atom stereocenters. The van der Waals surface area contributed by atoms with E-state index in [0.717, 1.165) is 25.4 Å². The van der Waals surface area contributed by atoms with Crippen LogP contribution in [-0.4, -0.2) is 27.8 Å². The SMILES string of the molecule is CCC1CNCC1Cc1cccc(NS(C)(=O)=O)c1. The van der Waals surface area contributed by atoms with E-state index in [1.807, 2.05) is 12.1 Å². The van der Waals surface area contributed by atoms with E-state index in [1.165, 1.54) is 18.2 Å². The van der Waals surface area contributed by atoms with Crippen LogP contribution in [0.5, 0.6) is 0 Å². The summed E-state index contributed by atoms with van der Waals surface area (Å²) in [6.07, 6.45) is 3.37. The first-order chi connectivity index (χ1) is 8.98. The number of benzene rings is 1. The molecule has 106 valence electrons. The second-order valence-corrected chi connectivity index (χ2v) is 7.11. The lowest BCUT2D eigenvalue weighted by Gasteiger charge is -2.17. The molecule has 0 amide bonds. The molecule has 2 N–H and O–H groups in total. The van der Waals surface area contributed by atoms with Gasteiger partial charge in [-0.2, -0.15) is 0 Å². The van der Waals surface area contributed by atoms with Crippen molar-refractivity contribution in [3.05, 3.63) is 29.8 Å². The van der Waals surface area contributed by atoms with E-state index in [2.05, 4.69) is 23.0 Å². The van der Waals surface area contributed by atoms with Gasteiger partial charge >= 0.3 is 0 Å². The van der Waals surface area contributed by atoms with Crippen LogP contribution in [-0.2, 0) is 16.4 Å². The zero-order valence-corrected chi connectivity index (χ0v) is 12.3. The molecule has 1 aliphatic heterocycles. The van der Waals surface area contributed by atoms with Gasteiger partial charge in [0.2, 0.25) is 10.0 Å². The van der Waals surface area contributed by atoms with Gasteiger partial charge in [0, 0.05) is 5.69 Å². The van der Waals surface area contributed by atoms with Crippen molar-refractivity contribution in [1.29, 1.82) is 0 Å². The molecule has 0 aromatic heterocycles. The van der Waals surface area contributed by atoms with Crippen molar-refractivity contribution in [3.63, 3.8) is 0 Å². The van der Waals surface area contributed by atoms with Gasteiger partial charge in [0.25, 0.3) is 0 Å². The Morgan fingerprint density at radius 2 is 2.05 bits per heavy atom. The predicted molar refractivity (Wildman–Crippen MR) is 78.8 cm³/mol. The van der Waals surface area contributed by atoms with Crippen LogP contribution in [0.15, 0.2) is 24.3 Å². The van der Waals surface area contributed by atoms with Crippen LogP contribution >= 0.6 is 0 Å². The quantitative estimate of drug-likeness (QED) is 0.866. The fourth-order valence-corrected chi connectivity index (χ4v) is 3.34. The van der Waals surface area contributed by atoms with Crippen molar-refractivity contribution in [2.75, 3.05) is 24.1 Å². The lowest BCUT2D eigenvalue weighted by Crippen LogP contribution is -2.15. The molecule has 4 nitrogen and oxygen atoms in total. The highest BCUT2D eigenvalue weighted by molar-refractivity contribution is 7.92. The summed E-state index contributed by atoms with van der Waals surface area (Å²) in [7, 11) is -3.20. The topological polar surface area (TPSA) is 58.2 Å². The minimum absolute atomic E-state index is 0.651. The summed E-state index contributed by atoms with van der Waals surface area (Å²) in [4.78, 5) is 0. The van der Waals surface area contributed by atoms with Crippen LogP contribution in [0, 0.1) is 11.8 Å². The van der Waals surface area contributed by atoms with Crippen LogP contribution < -0.4 is 10.0 Å². The standard InChI is InChI=1S/C14H22N2O2S/c1-3-12-9-15-10-13(12)7-11-5-4-6-14(8-11)16-19(2,17)18/h4-6,8,12-13,15-16H,3,7,9-10H2,1-2H3. The van der Waals surface area contributed by atoms with E-state index in [0.29, 0.717) is 11.6 Å². The molecule has 1 aliphatic rings. The van der Waals surface area contributed by atoms with Gasteiger partial charge in [-0.15, -0.1) is 0 Å². The molecule has 0 radical (unpaired) electrons. The Bertz CT molecular complexity index is 528. The van der Waals surface area contributed by atoms with Gasteiger partial charge in [0.1, 0.15) is 0 Å². The van der Waals surface area contributed by atoms with E-state index in [9.17, 15) is 8.42 Å². The summed E-state index contributed by atoms with van der Waals surface area (Å²) < 4.78 is 25.0. The third-order valence-corrected chi connectivity index (χ3v) is 4.34. The van der Waals surface area contributed by atoms with Gasteiger partial charge in [-0.25, -0.2) is 8.42 Å². The number of nitrogens with one attached hydrogen (secondary N) is 2. The zero-order chi connectivity index (χ0) is 13.9. The molecule has 0 aliphatic carbocycles. The monoisotopic (exact) mass is 282 g/mol. The smallest absolute Gasteiger partial charge is 0.229 e. The van der Waals surface area contributed by atoms with Crippen molar-refractivity contribution in [2.24, 2.45) is 11.8 Å². The summed E-state index contributed by atoms with van der Waals surface area (Å²) in [6, 6.07) is 7.70. The maximum atomic E-state index is 11.2. The van der Waals surface area contributed by atoms with Crippen LogP contribution in [0.4, 0.5) is 5.69 Å². The van der Waals surface area contributed by atoms with Crippen molar-refractivity contribution in [3.8, 4) is 0 Å². The Hall–Kier alpha value is -1.07. The Kier molecular flexibility index (Phi) is 4.47. The first kappa shape index (κ1) is 14.3. The third kappa shape index (κ3) is 4.21. The first-order valence-corrected chi connectivity index (χ1v) is 8.64. The van der Waals surface area contributed by atoms with Gasteiger partial charge < -0.3 is 5.32 Å². The summed E-state index contributed by atoms with van der Waals surface area (Å²) in [5, 5.41) is 3.43. The fraction of sp³-hybridized carbons (Fsp3) is 0.571. The normalized spacial score (nSPS) is 23.5. The average Bonchev–Trinajstić information content (AvgIpc) is 2.74. The molecule has 1 saturated heterocycles. The van der Waals surface area contributed by atoms with Crippen molar-refractivity contribution in [1.82, 2.24) is 5.32 Å². The van der Waals surface area contributed by atoms with Crippen LogP contribution in [0.25, 0.3) is 0 Å². The second-order valence-electron chi connectivity index (χ2n) is 5.37. The van der Waals surface area contributed by atoms with Gasteiger partial charge in [-0.1, -0.05) is 25.5 Å². The highest BCUT2D eigenvalue weighted by atomic mass is 32.2. The van der Waals surface area contributed by atoms with Crippen LogP contribution in [0.1, 0.15) is 18.9 Å². The van der Waals surface area contributed by atoms with E-state index < -0.39 is 10.0 Å². The van der Waals surface area contributed by atoms with E-state index in [-0.39, 0.29) is 0 Å². The van der Waals surface area contributed by atoms with Crippen molar-refractivity contribution < 1.29 is 8.42 Å². The van der Waals surface area contributed by atoms with Crippen molar-refractivity contribution >= 4 is 15.7 Å². The summed E-state index contributed by atoms with van der Waals surface area (Å²) in [6.45, 7) is 4.39. The highest BCUT2D eigenvalue weighted by Gasteiger charge is 2.25. The molecule has 19 heavy (non-hydrogen) atoms. The summed E-state index contributed by atoms with van der Waals surface area (Å²) in [5.41, 5.74) is 1.85. The Morgan fingerprint density at radius 1 is 1.32 bits per heavy atom. The first-order valence-electron chi connectivity index (χ1n) is 6.75. The minimum atomic E-state index is -3.20. The zero-order valence-electron chi connectivity index (χ0n) is 11.5. The number of anilines is 1. The lowest BCUT2D eigenvalue weighted by molar-refractivity contribution is 0.406. The number of sulfonamides is 1. The Balaban J connectivity index is 2.07. The molecule has 1 heterocycles. The van der Waals surface area contributed by atoms with Gasteiger partial charge in [-0.3, -0.25) is 4.72 Å².